The van der Waals surface area contributed by atoms with E-state index in [0.717, 1.165) is 6.26 Å². The van der Waals surface area contributed by atoms with Crippen molar-refractivity contribution < 1.29 is 13.2 Å². The molecule has 0 aliphatic carbocycles. The van der Waals surface area contributed by atoms with Crippen LogP contribution in [0.4, 0.5) is 11.4 Å². The Bertz CT molecular complexity index is 577. The van der Waals surface area contributed by atoms with E-state index in [-0.39, 0.29) is 21.4 Å². The Hall–Kier alpha value is -0.790. The fourth-order valence-corrected chi connectivity index (χ4v) is 2.26. The van der Waals surface area contributed by atoms with Crippen LogP contribution in [0.5, 0.6) is 0 Å². The highest BCUT2D eigenvalue weighted by Crippen LogP contribution is 2.26. The minimum Gasteiger partial charge on any atom is -0.325 e. The molecule has 1 rings (SSSR count). The van der Waals surface area contributed by atoms with Gasteiger partial charge in [-0.1, -0.05) is 34.5 Å². The first-order valence-electron chi connectivity index (χ1n) is 5.45. The standard InChI is InChI=1S/C11H14BrClN2O3S/c1-3-8(12)11(16)14-7-4-5-10(9(13)6-7)15-19(2,17)18/h4-6,8,15H,3H2,1-2H3,(H,14,16). The molecule has 0 bridgehead atoms. The summed E-state index contributed by atoms with van der Waals surface area (Å²) in [6, 6.07) is 4.56. The second-order valence-corrected chi connectivity index (χ2v) is 7.19. The molecule has 0 aliphatic heterocycles. The van der Waals surface area contributed by atoms with Gasteiger partial charge in [0.2, 0.25) is 15.9 Å². The number of amides is 1. The zero-order chi connectivity index (χ0) is 14.6. The number of hydrogen-bond acceptors (Lipinski definition) is 3. The van der Waals surface area contributed by atoms with Crippen LogP contribution >= 0.6 is 27.5 Å². The zero-order valence-corrected chi connectivity index (χ0v) is 13.6. The molecule has 0 aliphatic rings. The number of carbonyl (C=O) groups excluding carboxylic acids is 1. The summed E-state index contributed by atoms with van der Waals surface area (Å²) in [5.41, 5.74) is 0.778. The highest BCUT2D eigenvalue weighted by atomic mass is 79.9. The maximum Gasteiger partial charge on any atom is 0.238 e. The molecule has 1 aromatic rings. The lowest BCUT2D eigenvalue weighted by Gasteiger charge is -2.11. The summed E-state index contributed by atoms with van der Waals surface area (Å²) in [5, 5.41) is 2.89. The molecule has 0 radical (unpaired) electrons. The number of benzene rings is 1. The van der Waals surface area contributed by atoms with Crippen LogP contribution in [0.1, 0.15) is 13.3 Å². The second kappa shape index (κ2) is 6.58. The minimum atomic E-state index is -3.38. The Labute approximate surface area is 125 Å². The van der Waals surface area contributed by atoms with Gasteiger partial charge < -0.3 is 5.32 Å². The van der Waals surface area contributed by atoms with Crippen molar-refractivity contribution in [2.45, 2.75) is 18.2 Å². The molecule has 0 saturated carbocycles. The van der Waals surface area contributed by atoms with Crippen molar-refractivity contribution in [2.75, 3.05) is 16.3 Å². The van der Waals surface area contributed by atoms with Crippen molar-refractivity contribution in [3.63, 3.8) is 0 Å². The van der Waals surface area contributed by atoms with E-state index in [1.807, 2.05) is 6.92 Å². The normalized spacial score (nSPS) is 12.8. The average Bonchev–Trinajstić information content (AvgIpc) is 2.30. The summed E-state index contributed by atoms with van der Waals surface area (Å²) >= 11 is 9.18. The van der Waals surface area contributed by atoms with Crippen LogP contribution in [-0.2, 0) is 14.8 Å². The third kappa shape index (κ3) is 5.38. The number of carbonyl (C=O) groups is 1. The molecule has 0 aromatic heterocycles. The predicted molar refractivity (Wildman–Crippen MR) is 81.6 cm³/mol. The van der Waals surface area contributed by atoms with Crippen LogP contribution in [0.25, 0.3) is 0 Å². The van der Waals surface area contributed by atoms with E-state index < -0.39 is 10.0 Å². The molecule has 106 valence electrons. The molecule has 8 heteroatoms. The lowest BCUT2D eigenvalue weighted by molar-refractivity contribution is -0.115. The Morgan fingerprint density at radius 3 is 2.58 bits per heavy atom. The molecule has 5 nitrogen and oxygen atoms in total. The number of anilines is 2. The minimum absolute atomic E-state index is 0.178. The third-order valence-electron chi connectivity index (χ3n) is 2.17. The predicted octanol–water partition coefficient (Wildman–Crippen LogP) is 2.82. The first kappa shape index (κ1) is 16.3. The second-order valence-electron chi connectivity index (χ2n) is 3.93. The van der Waals surface area contributed by atoms with Crippen LogP contribution in [0.2, 0.25) is 5.02 Å². The van der Waals surface area contributed by atoms with E-state index >= 15 is 0 Å². The van der Waals surface area contributed by atoms with Gasteiger partial charge in [-0.3, -0.25) is 9.52 Å². The monoisotopic (exact) mass is 368 g/mol. The SMILES string of the molecule is CCC(Br)C(=O)Nc1ccc(NS(C)(=O)=O)c(Cl)c1. The van der Waals surface area contributed by atoms with Gasteiger partial charge in [-0.05, 0) is 24.6 Å². The number of halogens is 2. The van der Waals surface area contributed by atoms with Crippen LogP contribution in [0.15, 0.2) is 18.2 Å². The van der Waals surface area contributed by atoms with E-state index in [9.17, 15) is 13.2 Å². The van der Waals surface area contributed by atoms with Gasteiger partial charge in [-0.2, -0.15) is 0 Å². The van der Waals surface area contributed by atoms with Gasteiger partial charge >= 0.3 is 0 Å². The number of hydrogen-bond donors (Lipinski definition) is 2. The molecule has 1 aromatic carbocycles. The molecule has 1 unspecified atom stereocenters. The van der Waals surface area contributed by atoms with Gasteiger partial charge in [-0.25, -0.2) is 8.42 Å². The van der Waals surface area contributed by atoms with Gasteiger partial charge in [0.05, 0.1) is 21.8 Å². The lowest BCUT2D eigenvalue weighted by Crippen LogP contribution is -2.22. The first-order valence-corrected chi connectivity index (χ1v) is 8.63. The maximum atomic E-state index is 11.7. The molecule has 19 heavy (non-hydrogen) atoms. The molecule has 0 heterocycles. The highest BCUT2D eigenvalue weighted by Gasteiger charge is 2.13. The fraction of sp³-hybridized carbons (Fsp3) is 0.364. The van der Waals surface area contributed by atoms with Crippen LogP contribution in [0.3, 0.4) is 0 Å². The topological polar surface area (TPSA) is 75.3 Å². The van der Waals surface area contributed by atoms with Crippen molar-refractivity contribution >= 4 is 54.8 Å². The summed E-state index contributed by atoms with van der Waals surface area (Å²) in [6.45, 7) is 1.88. The quantitative estimate of drug-likeness (QED) is 0.784. The van der Waals surface area contributed by atoms with E-state index in [0.29, 0.717) is 12.1 Å². The fourth-order valence-electron chi connectivity index (χ4n) is 1.28. The smallest absolute Gasteiger partial charge is 0.238 e. The molecular formula is C11H14BrClN2O3S. The van der Waals surface area contributed by atoms with E-state index in [2.05, 4.69) is 26.0 Å². The van der Waals surface area contributed by atoms with E-state index in [1.54, 1.807) is 6.07 Å². The molecule has 1 atom stereocenters. The molecule has 2 N–H and O–H groups in total. The summed E-state index contributed by atoms with van der Waals surface area (Å²) < 4.78 is 24.5. The van der Waals surface area contributed by atoms with Crippen molar-refractivity contribution in [3.05, 3.63) is 23.2 Å². The molecular weight excluding hydrogens is 356 g/mol. The summed E-state index contributed by atoms with van der Waals surface area (Å²) in [7, 11) is -3.38. The van der Waals surface area contributed by atoms with Gasteiger partial charge in [0.1, 0.15) is 0 Å². The van der Waals surface area contributed by atoms with E-state index in [4.69, 9.17) is 11.6 Å². The molecule has 0 fully saturated rings. The Morgan fingerprint density at radius 1 is 1.47 bits per heavy atom. The van der Waals surface area contributed by atoms with Crippen molar-refractivity contribution in [2.24, 2.45) is 0 Å². The largest absolute Gasteiger partial charge is 0.325 e. The van der Waals surface area contributed by atoms with Crippen LogP contribution in [-0.4, -0.2) is 25.4 Å². The summed E-state index contributed by atoms with van der Waals surface area (Å²) in [4.78, 5) is 11.4. The zero-order valence-electron chi connectivity index (χ0n) is 10.4. The summed E-state index contributed by atoms with van der Waals surface area (Å²) in [5.74, 6) is -0.178. The maximum absolute atomic E-state index is 11.7. The lowest BCUT2D eigenvalue weighted by atomic mass is 10.2. The van der Waals surface area contributed by atoms with Crippen molar-refractivity contribution in [3.8, 4) is 0 Å². The Balaban J connectivity index is 2.86. The van der Waals surface area contributed by atoms with Crippen LogP contribution in [0, 0.1) is 0 Å². The Kier molecular flexibility index (Phi) is 5.64. The van der Waals surface area contributed by atoms with Gasteiger partial charge in [-0.15, -0.1) is 0 Å². The number of nitrogens with one attached hydrogen (secondary N) is 2. The molecule has 0 saturated heterocycles. The number of sulfonamides is 1. The van der Waals surface area contributed by atoms with Crippen molar-refractivity contribution in [1.82, 2.24) is 0 Å². The van der Waals surface area contributed by atoms with E-state index in [1.165, 1.54) is 12.1 Å². The first-order chi connectivity index (χ1) is 8.73. The van der Waals surface area contributed by atoms with Gasteiger partial charge in [0.15, 0.2) is 0 Å². The van der Waals surface area contributed by atoms with Gasteiger partial charge in [0.25, 0.3) is 0 Å². The van der Waals surface area contributed by atoms with Crippen LogP contribution < -0.4 is 10.0 Å². The Morgan fingerprint density at radius 2 is 2.11 bits per heavy atom. The average molecular weight is 370 g/mol. The number of rotatable bonds is 5. The molecule has 0 spiro atoms. The summed E-state index contributed by atoms with van der Waals surface area (Å²) in [6.07, 6.45) is 1.70. The number of alkyl halides is 1. The third-order valence-corrected chi connectivity index (χ3v) is 4.14. The van der Waals surface area contributed by atoms with Gasteiger partial charge in [0, 0.05) is 5.69 Å². The highest BCUT2D eigenvalue weighted by molar-refractivity contribution is 9.10. The molecule has 1 amide bonds. The van der Waals surface area contributed by atoms with Crippen molar-refractivity contribution in [1.29, 1.82) is 0 Å².